The van der Waals surface area contributed by atoms with E-state index in [0.29, 0.717) is 18.4 Å². The molecule has 0 saturated heterocycles. The van der Waals surface area contributed by atoms with Crippen molar-refractivity contribution in [2.75, 3.05) is 0 Å². The summed E-state index contributed by atoms with van der Waals surface area (Å²) in [6, 6.07) is 10.7. The molecule has 0 amide bonds. The van der Waals surface area contributed by atoms with Crippen molar-refractivity contribution in [3.05, 3.63) is 48.2 Å². The predicted octanol–water partition coefficient (Wildman–Crippen LogP) is 3.00. The molecule has 0 radical (unpaired) electrons. The van der Waals surface area contributed by atoms with Crippen LogP contribution in [0.1, 0.15) is 25.8 Å². The first-order chi connectivity index (χ1) is 8.16. The summed E-state index contributed by atoms with van der Waals surface area (Å²) >= 11 is 0. The number of allylic oxidation sites excluding steroid dienone is 1. The minimum absolute atomic E-state index is 0.244. The first kappa shape index (κ1) is 11.9. The van der Waals surface area contributed by atoms with Gasteiger partial charge in [0.25, 0.3) is 0 Å². The average Bonchev–Trinajstić information content (AvgIpc) is 2.32. The van der Waals surface area contributed by atoms with Crippen LogP contribution in [0.15, 0.2) is 42.6 Å². The van der Waals surface area contributed by atoms with Gasteiger partial charge in [-0.1, -0.05) is 44.2 Å². The lowest BCUT2D eigenvalue weighted by Crippen LogP contribution is -2.39. The van der Waals surface area contributed by atoms with Crippen LogP contribution in [-0.4, -0.2) is 16.7 Å². The molecule has 0 bridgehead atoms. The number of carbonyl (C=O) groups excluding carboxylic acids is 1. The smallest absolute Gasteiger partial charge is 0.159 e. The molecule has 1 aliphatic heterocycles. The van der Waals surface area contributed by atoms with Gasteiger partial charge in [-0.2, -0.15) is 0 Å². The Morgan fingerprint density at radius 3 is 2.65 bits per heavy atom. The Labute approximate surface area is 103 Å². The summed E-state index contributed by atoms with van der Waals surface area (Å²) in [5.74, 6) is 0.737. The van der Waals surface area contributed by atoms with Crippen molar-refractivity contribution in [3.8, 4) is 0 Å². The molecule has 0 spiro atoms. The first-order valence-corrected chi connectivity index (χ1v) is 6.17. The summed E-state index contributed by atoms with van der Waals surface area (Å²) in [6.07, 6.45) is 4.28. The number of hydrogen-bond donors (Lipinski definition) is 0. The third-order valence-electron chi connectivity index (χ3n) is 3.27. The molecule has 0 aliphatic carbocycles. The Balaban J connectivity index is 2.13. The lowest BCUT2D eigenvalue weighted by molar-refractivity contribution is -0.116. The zero-order valence-electron chi connectivity index (χ0n) is 10.5. The van der Waals surface area contributed by atoms with E-state index in [1.54, 1.807) is 6.08 Å². The summed E-state index contributed by atoms with van der Waals surface area (Å²) in [5, 5.41) is 0. The maximum absolute atomic E-state index is 11.5. The van der Waals surface area contributed by atoms with E-state index in [0.717, 1.165) is 6.54 Å². The summed E-state index contributed by atoms with van der Waals surface area (Å²) in [4.78, 5) is 13.7. The molecule has 90 valence electrons. The molecule has 1 heterocycles. The molecule has 0 saturated carbocycles. The van der Waals surface area contributed by atoms with E-state index in [1.807, 2.05) is 12.3 Å². The van der Waals surface area contributed by atoms with Crippen molar-refractivity contribution >= 4 is 5.78 Å². The maximum Gasteiger partial charge on any atom is 0.159 e. The second kappa shape index (κ2) is 5.17. The van der Waals surface area contributed by atoms with Gasteiger partial charge in [0.15, 0.2) is 5.78 Å². The Bertz CT molecular complexity index is 408. The third kappa shape index (κ3) is 2.96. The summed E-state index contributed by atoms with van der Waals surface area (Å²) in [6.45, 7) is 5.23. The lowest BCUT2D eigenvalue weighted by Gasteiger charge is -2.35. The van der Waals surface area contributed by atoms with Gasteiger partial charge in [-0.3, -0.25) is 4.79 Å². The van der Waals surface area contributed by atoms with Crippen LogP contribution in [0, 0.1) is 5.92 Å². The standard InChI is InChI=1S/C15H19NO/c1-12(2)15-10-14(17)8-9-16(15)11-13-6-4-3-5-7-13/h3-9,12,15H,10-11H2,1-2H3. The third-order valence-corrected chi connectivity index (χ3v) is 3.27. The molecule has 2 nitrogen and oxygen atoms in total. The van der Waals surface area contributed by atoms with Crippen LogP contribution in [0.4, 0.5) is 0 Å². The number of ketones is 1. The molecule has 0 aromatic heterocycles. The largest absolute Gasteiger partial charge is 0.369 e. The highest BCUT2D eigenvalue weighted by Crippen LogP contribution is 2.22. The average molecular weight is 229 g/mol. The van der Waals surface area contributed by atoms with Crippen LogP contribution >= 0.6 is 0 Å². The summed E-state index contributed by atoms with van der Waals surface area (Å²) in [5.41, 5.74) is 1.29. The van der Waals surface area contributed by atoms with Crippen molar-refractivity contribution < 1.29 is 4.79 Å². The molecule has 1 aliphatic rings. The van der Waals surface area contributed by atoms with Gasteiger partial charge < -0.3 is 4.90 Å². The highest BCUT2D eigenvalue weighted by molar-refractivity contribution is 5.90. The van der Waals surface area contributed by atoms with Crippen LogP contribution in [0.3, 0.4) is 0 Å². The van der Waals surface area contributed by atoms with Gasteiger partial charge in [0, 0.05) is 25.2 Å². The van der Waals surface area contributed by atoms with Crippen LogP contribution in [-0.2, 0) is 11.3 Å². The maximum atomic E-state index is 11.5. The number of carbonyl (C=O) groups is 1. The molecule has 1 aromatic rings. The van der Waals surface area contributed by atoms with Gasteiger partial charge in [0.2, 0.25) is 0 Å². The van der Waals surface area contributed by atoms with Gasteiger partial charge in [0.05, 0.1) is 0 Å². The monoisotopic (exact) mass is 229 g/mol. The zero-order chi connectivity index (χ0) is 12.3. The fourth-order valence-electron chi connectivity index (χ4n) is 2.26. The lowest BCUT2D eigenvalue weighted by atomic mass is 9.94. The van der Waals surface area contributed by atoms with Crippen molar-refractivity contribution in [1.82, 2.24) is 4.90 Å². The van der Waals surface area contributed by atoms with Gasteiger partial charge in [-0.15, -0.1) is 0 Å². The highest BCUT2D eigenvalue weighted by Gasteiger charge is 2.24. The molecule has 0 fully saturated rings. The van der Waals surface area contributed by atoms with Crippen LogP contribution in [0.25, 0.3) is 0 Å². The van der Waals surface area contributed by atoms with E-state index in [9.17, 15) is 4.79 Å². The van der Waals surface area contributed by atoms with Crippen molar-refractivity contribution in [2.45, 2.75) is 32.9 Å². The normalized spacial score (nSPS) is 20.1. The molecular formula is C15H19NO. The molecular weight excluding hydrogens is 210 g/mol. The Morgan fingerprint density at radius 1 is 1.29 bits per heavy atom. The number of benzene rings is 1. The zero-order valence-corrected chi connectivity index (χ0v) is 10.5. The van der Waals surface area contributed by atoms with Crippen LogP contribution in [0.2, 0.25) is 0 Å². The molecule has 1 unspecified atom stereocenters. The van der Waals surface area contributed by atoms with Gasteiger partial charge in [0.1, 0.15) is 0 Å². The predicted molar refractivity (Wildman–Crippen MR) is 69.4 cm³/mol. The summed E-state index contributed by atoms with van der Waals surface area (Å²) in [7, 11) is 0. The Hall–Kier alpha value is -1.57. The van der Waals surface area contributed by atoms with Gasteiger partial charge >= 0.3 is 0 Å². The fraction of sp³-hybridized carbons (Fsp3) is 0.400. The van der Waals surface area contributed by atoms with Gasteiger partial charge in [-0.05, 0) is 17.6 Å². The van der Waals surface area contributed by atoms with Crippen molar-refractivity contribution in [3.63, 3.8) is 0 Å². The Morgan fingerprint density at radius 2 is 2.00 bits per heavy atom. The molecule has 2 rings (SSSR count). The highest BCUT2D eigenvalue weighted by atomic mass is 16.1. The van der Waals surface area contributed by atoms with E-state index in [4.69, 9.17) is 0 Å². The van der Waals surface area contributed by atoms with Gasteiger partial charge in [-0.25, -0.2) is 0 Å². The number of nitrogens with zero attached hydrogens (tertiary/aromatic N) is 1. The minimum Gasteiger partial charge on any atom is -0.369 e. The number of rotatable bonds is 3. The van der Waals surface area contributed by atoms with Crippen molar-refractivity contribution in [1.29, 1.82) is 0 Å². The summed E-state index contributed by atoms with van der Waals surface area (Å²) < 4.78 is 0. The second-order valence-corrected chi connectivity index (χ2v) is 4.96. The van der Waals surface area contributed by atoms with Crippen LogP contribution < -0.4 is 0 Å². The van der Waals surface area contributed by atoms with Crippen molar-refractivity contribution in [2.24, 2.45) is 5.92 Å². The molecule has 1 aromatic carbocycles. The quantitative estimate of drug-likeness (QED) is 0.794. The molecule has 17 heavy (non-hydrogen) atoms. The molecule has 0 N–H and O–H groups in total. The Kier molecular flexibility index (Phi) is 3.62. The topological polar surface area (TPSA) is 20.3 Å². The number of hydrogen-bond acceptors (Lipinski definition) is 2. The van der Waals surface area contributed by atoms with E-state index >= 15 is 0 Å². The minimum atomic E-state index is 0.244. The van der Waals surface area contributed by atoms with E-state index in [1.165, 1.54) is 5.56 Å². The van der Waals surface area contributed by atoms with E-state index in [-0.39, 0.29) is 5.78 Å². The first-order valence-electron chi connectivity index (χ1n) is 6.17. The molecule has 2 heteroatoms. The fourth-order valence-corrected chi connectivity index (χ4v) is 2.26. The van der Waals surface area contributed by atoms with E-state index in [2.05, 4.69) is 43.0 Å². The molecule has 1 atom stereocenters. The van der Waals surface area contributed by atoms with Crippen LogP contribution in [0.5, 0.6) is 0 Å². The van der Waals surface area contributed by atoms with E-state index < -0.39 is 0 Å². The second-order valence-electron chi connectivity index (χ2n) is 4.96. The SMILES string of the molecule is CC(C)C1CC(=O)C=CN1Cc1ccccc1.